The minimum absolute atomic E-state index is 0.636. The molecule has 0 unspecified atom stereocenters. The van der Waals surface area contributed by atoms with Gasteiger partial charge in [0.25, 0.3) is 0 Å². The molecule has 0 radical (unpaired) electrons. The van der Waals surface area contributed by atoms with Crippen molar-refractivity contribution < 1.29 is 4.90 Å². The summed E-state index contributed by atoms with van der Waals surface area (Å²) in [6.45, 7) is 3.69. The van der Waals surface area contributed by atoms with Crippen molar-refractivity contribution in [3.8, 4) is 0 Å². The number of para-hydroxylation sites is 1. The second kappa shape index (κ2) is 6.58. The normalized spacial score (nSPS) is 22.4. The third-order valence-corrected chi connectivity index (χ3v) is 4.13. The lowest BCUT2D eigenvalue weighted by atomic mass is 10.0. The number of nitrogens with one attached hydrogen (secondary N) is 2. The summed E-state index contributed by atoms with van der Waals surface area (Å²) in [6, 6.07) is 22.0. The summed E-state index contributed by atoms with van der Waals surface area (Å²) >= 11 is 0. The van der Waals surface area contributed by atoms with Gasteiger partial charge in [0.05, 0.1) is 13.1 Å². The largest absolute Gasteiger partial charge is 0.382 e. The molecule has 1 fully saturated rings. The van der Waals surface area contributed by atoms with Crippen LogP contribution in [0.5, 0.6) is 0 Å². The molecular formula is C18H23N2+. The SMILES string of the molecule is c1ccc(C[NH+]2CCC(Nc3ccccc3)CC2)cc1. The van der Waals surface area contributed by atoms with Gasteiger partial charge in [0.15, 0.2) is 0 Å². The van der Waals surface area contributed by atoms with Crippen LogP contribution in [-0.4, -0.2) is 19.1 Å². The molecule has 20 heavy (non-hydrogen) atoms. The molecule has 104 valence electrons. The number of rotatable bonds is 4. The van der Waals surface area contributed by atoms with Crippen LogP contribution in [0.1, 0.15) is 18.4 Å². The molecule has 0 bridgehead atoms. The molecule has 0 saturated carbocycles. The van der Waals surface area contributed by atoms with E-state index in [4.69, 9.17) is 0 Å². The van der Waals surface area contributed by atoms with Gasteiger partial charge >= 0.3 is 0 Å². The molecule has 0 aromatic heterocycles. The van der Waals surface area contributed by atoms with Gasteiger partial charge in [-0.25, -0.2) is 0 Å². The van der Waals surface area contributed by atoms with Gasteiger partial charge in [0.1, 0.15) is 6.54 Å². The number of anilines is 1. The van der Waals surface area contributed by atoms with Crippen LogP contribution in [0, 0.1) is 0 Å². The van der Waals surface area contributed by atoms with Crippen molar-refractivity contribution in [2.45, 2.75) is 25.4 Å². The Bertz CT molecular complexity index is 452. The second-order valence-electron chi connectivity index (χ2n) is 5.70. The number of likely N-dealkylation sites (tertiary alicyclic amines) is 1. The molecule has 1 aliphatic heterocycles. The van der Waals surface area contributed by atoms with E-state index >= 15 is 0 Å². The smallest absolute Gasteiger partial charge is 0.103 e. The summed E-state index contributed by atoms with van der Waals surface area (Å²) in [5, 5.41) is 3.65. The molecule has 0 aliphatic carbocycles. The molecule has 3 rings (SSSR count). The van der Waals surface area contributed by atoms with E-state index in [9.17, 15) is 0 Å². The first-order chi connectivity index (χ1) is 9.90. The van der Waals surface area contributed by atoms with Crippen LogP contribution >= 0.6 is 0 Å². The van der Waals surface area contributed by atoms with Crippen molar-refractivity contribution >= 4 is 5.69 Å². The van der Waals surface area contributed by atoms with Crippen LogP contribution in [0.25, 0.3) is 0 Å². The fraction of sp³-hybridized carbons (Fsp3) is 0.333. The maximum absolute atomic E-state index is 3.65. The van der Waals surface area contributed by atoms with Gasteiger partial charge in [-0.3, -0.25) is 0 Å². The topological polar surface area (TPSA) is 16.5 Å². The highest BCUT2D eigenvalue weighted by Gasteiger charge is 2.21. The minimum Gasteiger partial charge on any atom is -0.382 e. The number of quaternary nitrogens is 1. The quantitative estimate of drug-likeness (QED) is 0.869. The van der Waals surface area contributed by atoms with Crippen molar-refractivity contribution in [1.29, 1.82) is 0 Å². The lowest BCUT2D eigenvalue weighted by Gasteiger charge is -2.30. The Balaban J connectivity index is 1.47. The average molecular weight is 267 g/mol. The van der Waals surface area contributed by atoms with Crippen LogP contribution in [0.3, 0.4) is 0 Å². The molecular weight excluding hydrogens is 244 g/mol. The monoisotopic (exact) mass is 267 g/mol. The Morgan fingerprint density at radius 2 is 1.45 bits per heavy atom. The van der Waals surface area contributed by atoms with E-state index < -0.39 is 0 Å². The average Bonchev–Trinajstić information content (AvgIpc) is 2.51. The first kappa shape index (κ1) is 13.2. The molecule has 1 heterocycles. The van der Waals surface area contributed by atoms with Gasteiger partial charge in [-0.15, -0.1) is 0 Å². The summed E-state index contributed by atoms with van der Waals surface area (Å²) in [6.07, 6.45) is 2.52. The predicted molar refractivity (Wildman–Crippen MR) is 83.9 cm³/mol. The fourth-order valence-electron chi connectivity index (χ4n) is 3.00. The zero-order chi connectivity index (χ0) is 13.6. The highest BCUT2D eigenvalue weighted by Crippen LogP contribution is 2.11. The maximum Gasteiger partial charge on any atom is 0.103 e. The number of hydrogen-bond acceptors (Lipinski definition) is 1. The van der Waals surface area contributed by atoms with E-state index in [-0.39, 0.29) is 0 Å². The standard InChI is InChI=1S/C18H22N2/c1-3-7-16(8-4-1)15-20-13-11-18(12-14-20)19-17-9-5-2-6-10-17/h1-10,18-19H,11-15H2/p+1. The van der Waals surface area contributed by atoms with Crippen molar-refractivity contribution in [3.05, 3.63) is 66.2 Å². The van der Waals surface area contributed by atoms with Crippen LogP contribution in [0.2, 0.25) is 0 Å². The van der Waals surface area contributed by atoms with Gasteiger partial charge in [0, 0.05) is 30.1 Å². The molecule has 2 N–H and O–H groups in total. The van der Waals surface area contributed by atoms with E-state index in [0.29, 0.717) is 6.04 Å². The summed E-state index contributed by atoms with van der Waals surface area (Å²) in [5.41, 5.74) is 2.71. The van der Waals surface area contributed by atoms with Crippen LogP contribution in [0.15, 0.2) is 60.7 Å². The second-order valence-corrected chi connectivity index (χ2v) is 5.70. The third-order valence-electron chi connectivity index (χ3n) is 4.13. The Kier molecular flexibility index (Phi) is 4.34. The fourth-order valence-corrected chi connectivity index (χ4v) is 3.00. The molecule has 1 aliphatic rings. The molecule has 2 aromatic rings. The number of hydrogen-bond donors (Lipinski definition) is 2. The molecule has 0 amide bonds. The lowest BCUT2D eigenvalue weighted by molar-refractivity contribution is -0.918. The highest BCUT2D eigenvalue weighted by molar-refractivity contribution is 5.43. The lowest BCUT2D eigenvalue weighted by Crippen LogP contribution is -3.12. The van der Waals surface area contributed by atoms with E-state index in [1.165, 1.54) is 43.7 Å². The van der Waals surface area contributed by atoms with Crippen molar-refractivity contribution in [2.75, 3.05) is 18.4 Å². The van der Waals surface area contributed by atoms with Gasteiger partial charge in [-0.1, -0.05) is 48.5 Å². The van der Waals surface area contributed by atoms with Gasteiger partial charge < -0.3 is 10.2 Å². The Labute approximate surface area is 121 Å². The van der Waals surface area contributed by atoms with Crippen molar-refractivity contribution in [2.24, 2.45) is 0 Å². The zero-order valence-corrected chi connectivity index (χ0v) is 11.9. The van der Waals surface area contributed by atoms with Crippen molar-refractivity contribution in [1.82, 2.24) is 0 Å². The van der Waals surface area contributed by atoms with E-state index in [1.807, 2.05) is 0 Å². The maximum atomic E-state index is 3.65. The number of piperidine rings is 1. The highest BCUT2D eigenvalue weighted by atomic mass is 15.1. The Morgan fingerprint density at radius 3 is 2.10 bits per heavy atom. The van der Waals surface area contributed by atoms with Crippen LogP contribution < -0.4 is 10.2 Å². The van der Waals surface area contributed by atoms with Crippen LogP contribution in [0.4, 0.5) is 5.69 Å². The molecule has 1 saturated heterocycles. The minimum atomic E-state index is 0.636. The van der Waals surface area contributed by atoms with Gasteiger partial charge in [-0.2, -0.15) is 0 Å². The summed E-state index contributed by atoms with van der Waals surface area (Å²) in [4.78, 5) is 1.71. The van der Waals surface area contributed by atoms with E-state index in [2.05, 4.69) is 66.0 Å². The first-order valence-corrected chi connectivity index (χ1v) is 7.59. The van der Waals surface area contributed by atoms with E-state index in [0.717, 1.165) is 0 Å². The van der Waals surface area contributed by atoms with Gasteiger partial charge in [0.2, 0.25) is 0 Å². The van der Waals surface area contributed by atoms with Crippen molar-refractivity contribution in [3.63, 3.8) is 0 Å². The third kappa shape index (κ3) is 3.61. The molecule has 0 spiro atoms. The Morgan fingerprint density at radius 1 is 0.850 bits per heavy atom. The molecule has 2 aromatic carbocycles. The molecule has 2 heteroatoms. The first-order valence-electron chi connectivity index (χ1n) is 7.59. The summed E-state index contributed by atoms with van der Waals surface area (Å²) < 4.78 is 0. The number of benzene rings is 2. The van der Waals surface area contributed by atoms with Crippen LogP contribution in [-0.2, 0) is 6.54 Å². The van der Waals surface area contributed by atoms with Gasteiger partial charge in [-0.05, 0) is 12.1 Å². The van der Waals surface area contributed by atoms with E-state index in [1.54, 1.807) is 4.90 Å². The predicted octanol–water partition coefficient (Wildman–Crippen LogP) is 2.35. The summed E-state index contributed by atoms with van der Waals surface area (Å²) in [7, 11) is 0. The summed E-state index contributed by atoms with van der Waals surface area (Å²) in [5.74, 6) is 0. The zero-order valence-electron chi connectivity index (χ0n) is 11.9. The Hall–Kier alpha value is -1.80. The molecule has 2 nitrogen and oxygen atoms in total. The molecule has 0 atom stereocenters.